The zero-order valence-electron chi connectivity index (χ0n) is 19.8. The Morgan fingerprint density at radius 3 is 0.977 bits per heavy atom. The molecule has 0 heterocycles. The van der Waals surface area contributed by atoms with E-state index in [-0.39, 0.29) is 21.2 Å². The van der Waals surface area contributed by atoms with Gasteiger partial charge in [0.05, 0.1) is 0 Å². The number of rotatable bonds is 9. The SMILES string of the molecule is Clc1ccc([I+]c2ccc(Cl)cc2)cc1.O=S(=O)([O-])C(F)(F)C(F)(F)C(F)(F)C(F)(F)C(F)(F)C(F)(F)C(F)(F)C(F)(F)F. The maximum atomic E-state index is 13.0. The molecule has 2 rings (SSSR count). The fourth-order valence-corrected chi connectivity index (χ4v) is 5.27. The summed E-state index contributed by atoms with van der Waals surface area (Å²) < 4.78 is 247. The van der Waals surface area contributed by atoms with Gasteiger partial charge in [-0.25, -0.2) is 8.42 Å². The molecule has 2 aromatic rings. The molecule has 0 saturated carbocycles. The van der Waals surface area contributed by atoms with Gasteiger partial charge in [0.2, 0.25) is 0 Å². The van der Waals surface area contributed by atoms with Gasteiger partial charge in [-0.1, -0.05) is 23.2 Å². The van der Waals surface area contributed by atoms with Crippen molar-refractivity contribution in [3.63, 3.8) is 0 Å². The van der Waals surface area contributed by atoms with Crippen LogP contribution in [0.15, 0.2) is 48.5 Å². The van der Waals surface area contributed by atoms with Crippen molar-refractivity contribution in [1.82, 2.24) is 0 Å². The van der Waals surface area contributed by atoms with Crippen LogP contribution in [-0.2, 0) is 10.1 Å². The van der Waals surface area contributed by atoms with Crippen molar-refractivity contribution in [2.24, 2.45) is 0 Å². The van der Waals surface area contributed by atoms with E-state index in [2.05, 4.69) is 24.3 Å². The summed E-state index contributed by atoms with van der Waals surface area (Å²) in [4.78, 5) is 0. The van der Waals surface area contributed by atoms with Gasteiger partial charge in [0.25, 0.3) is 0 Å². The van der Waals surface area contributed by atoms with E-state index in [0.29, 0.717) is 0 Å². The molecule has 2 aromatic carbocycles. The van der Waals surface area contributed by atoms with E-state index in [4.69, 9.17) is 23.2 Å². The maximum Gasteiger partial charge on any atom is 0.460 e. The second-order valence-electron chi connectivity index (χ2n) is 7.88. The van der Waals surface area contributed by atoms with E-state index >= 15 is 0 Å². The number of halogens is 20. The van der Waals surface area contributed by atoms with E-state index in [1.807, 2.05) is 24.3 Å². The van der Waals surface area contributed by atoms with E-state index in [1.165, 1.54) is 7.14 Å². The molecule has 0 aromatic heterocycles. The fourth-order valence-electron chi connectivity index (χ4n) is 2.42. The normalized spacial score (nSPS) is 14.6. The Morgan fingerprint density at radius 1 is 0.477 bits per heavy atom. The van der Waals surface area contributed by atoms with E-state index < -0.39 is 57.1 Å². The van der Waals surface area contributed by atoms with Gasteiger partial charge in [-0.2, -0.15) is 74.6 Å². The molecule has 0 N–H and O–H groups in total. The Hall–Kier alpha value is -1.53. The first-order chi connectivity index (χ1) is 19.2. The van der Waals surface area contributed by atoms with Crippen molar-refractivity contribution in [1.29, 1.82) is 0 Å². The van der Waals surface area contributed by atoms with Gasteiger partial charge in [0.15, 0.2) is 17.3 Å². The van der Waals surface area contributed by atoms with Crippen molar-refractivity contribution in [3.05, 3.63) is 65.7 Å². The lowest BCUT2D eigenvalue weighted by Crippen LogP contribution is -3.61. The second kappa shape index (κ2) is 12.6. The third-order valence-electron chi connectivity index (χ3n) is 4.83. The van der Waals surface area contributed by atoms with Crippen molar-refractivity contribution in [2.45, 2.75) is 47.0 Å². The first-order valence-electron chi connectivity index (χ1n) is 10.1. The summed E-state index contributed by atoms with van der Waals surface area (Å²) in [5, 5.41) is -6.37. The molecule has 0 aliphatic carbocycles. The number of alkyl halides is 17. The molecule has 0 saturated heterocycles. The fraction of sp³-hybridized carbons (Fsp3) is 0.400. The lowest BCUT2D eigenvalue weighted by Gasteiger charge is -2.42. The highest BCUT2D eigenvalue weighted by Gasteiger charge is 2.95. The number of benzene rings is 2. The molecular formula is C20H8Cl2F17IO3S. The van der Waals surface area contributed by atoms with Gasteiger partial charge in [0.1, 0.15) is 0 Å². The molecule has 0 atom stereocenters. The quantitative estimate of drug-likeness (QED) is 0.187. The summed E-state index contributed by atoms with van der Waals surface area (Å²) in [6.07, 6.45) is -7.89. The van der Waals surface area contributed by atoms with Crippen molar-refractivity contribution in [2.75, 3.05) is 0 Å². The summed E-state index contributed by atoms with van der Waals surface area (Å²) >= 11 is 11.5. The molecule has 0 spiro atoms. The molecule has 0 bridgehead atoms. The van der Waals surface area contributed by atoms with Gasteiger partial charge >= 0.3 is 68.2 Å². The molecule has 0 amide bonds. The van der Waals surface area contributed by atoms with Crippen LogP contribution in [0, 0.1) is 7.14 Å². The first-order valence-corrected chi connectivity index (χ1v) is 14.4. The maximum absolute atomic E-state index is 13.0. The first kappa shape index (κ1) is 40.5. The molecule has 0 fully saturated rings. The Morgan fingerprint density at radius 2 is 0.727 bits per heavy atom. The third kappa shape index (κ3) is 7.06. The smallest absolute Gasteiger partial charge is 0.460 e. The molecule has 0 aliphatic rings. The zero-order valence-corrected chi connectivity index (χ0v) is 24.3. The van der Waals surface area contributed by atoms with Crippen molar-refractivity contribution in [3.8, 4) is 0 Å². The van der Waals surface area contributed by atoms with Crippen molar-refractivity contribution >= 4 is 33.3 Å². The highest BCUT2D eigenvalue weighted by atomic mass is 127. The lowest BCUT2D eigenvalue weighted by molar-refractivity contribution is -0.597. The van der Waals surface area contributed by atoms with Gasteiger partial charge in [-0.05, 0) is 48.5 Å². The second-order valence-corrected chi connectivity index (χ2v) is 13.2. The zero-order chi connectivity index (χ0) is 35.2. The minimum atomic E-state index is -8.92. The Kier molecular flexibility index (Phi) is 11.6. The van der Waals surface area contributed by atoms with Crippen LogP contribution < -0.4 is 21.2 Å². The monoisotopic (exact) mass is 848 g/mol. The minimum Gasteiger partial charge on any atom is -0.743 e. The Balaban J connectivity index is 0.000000532. The average Bonchev–Trinajstić information content (AvgIpc) is 2.85. The van der Waals surface area contributed by atoms with Crippen LogP contribution in [0.1, 0.15) is 0 Å². The van der Waals surface area contributed by atoms with Crippen LogP contribution in [-0.4, -0.2) is 59.9 Å². The molecule has 24 heteroatoms. The van der Waals surface area contributed by atoms with Crippen molar-refractivity contribution < 1.29 is 109 Å². The van der Waals surface area contributed by atoms with Crippen LogP contribution in [0.5, 0.6) is 0 Å². The predicted octanol–water partition coefficient (Wildman–Crippen LogP) is 5.62. The summed E-state index contributed by atoms with van der Waals surface area (Å²) in [6, 6.07) is 16.1. The van der Waals surface area contributed by atoms with Crippen LogP contribution in [0.3, 0.4) is 0 Å². The minimum absolute atomic E-state index is 0.114. The third-order valence-corrected chi connectivity index (χ3v) is 8.90. The molecular weight excluding hydrogens is 841 g/mol. The summed E-state index contributed by atoms with van der Waals surface area (Å²) in [6.45, 7) is 0. The topological polar surface area (TPSA) is 57.2 Å². The molecule has 0 aliphatic heterocycles. The van der Waals surface area contributed by atoms with Crippen LogP contribution >= 0.6 is 23.2 Å². The molecule has 44 heavy (non-hydrogen) atoms. The largest absolute Gasteiger partial charge is 0.743 e. The van der Waals surface area contributed by atoms with E-state index in [9.17, 15) is 87.6 Å². The summed E-state index contributed by atoms with van der Waals surface area (Å²) in [7, 11) is -8.14. The van der Waals surface area contributed by atoms with Crippen LogP contribution in [0.2, 0.25) is 10.0 Å². The highest BCUT2D eigenvalue weighted by Crippen LogP contribution is 2.64. The van der Waals surface area contributed by atoms with Crippen LogP contribution in [0.25, 0.3) is 0 Å². The number of hydrogen-bond acceptors (Lipinski definition) is 3. The predicted molar refractivity (Wildman–Crippen MR) is 111 cm³/mol. The summed E-state index contributed by atoms with van der Waals surface area (Å²) in [5.41, 5.74) is 0. The Bertz CT molecular complexity index is 1350. The highest BCUT2D eigenvalue weighted by molar-refractivity contribution is 7.86. The van der Waals surface area contributed by atoms with Gasteiger partial charge in [-0.3, -0.25) is 0 Å². The van der Waals surface area contributed by atoms with Gasteiger partial charge < -0.3 is 4.55 Å². The summed E-state index contributed by atoms with van der Waals surface area (Å²) in [5.74, 6) is -52.1. The Labute approximate surface area is 254 Å². The molecule has 0 unspecified atom stereocenters. The molecule has 0 radical (unpaired) electrons. The lowest BCUT2D eigenvalue weighted by atomic mass is 9.91. The van der Waals surface area contributed by atoms with Crippen LogP contribution in [0.4, 0.5) is 74.6 Å². The average molecular weight is 849 g/mol. The van der Waals surface area contributed by atoms with Gasteiger partial charge in [0, 0.05) is 10.0 Å². The van der Waals surface area contributed by atoms with E-state index in [1.54, 1.807) is 0 Å². The van der Waals surface area contributed by atoms with Gasteiger partial charge in [-0.15, -0.1) is 0 Å². The van der Waals surface area contributed by atoms with E-state index in [0.717, 1.165) is 10.0 Å². The number of hydrogen-bond donors (Lipinski definition) is 0. The molecule has 252 valence electrons. The molecule has 3 nitrogen and oxygen atoms in total. The standard InChI is InChI=1S/C12H8Cl2I.C8HF17O3S/c13-9-1-5-11(6-2-9)15-12-7-3-10(14)4-8-12;9-1(10,3(13,14)5(17,18)7(21,22)23)2(11,12)4(15,16)6(19,20)8(24,25)29(26,27)28/h1-8H;(H,26,27,28)/q+1;/p-1.